The lowest BCUT2D eigenvalue weighted by Gasteiger charge is -2.25. The lowest BCUT2D eigenvalue weighted by atomic mass is 9.98. The third kappa shape index (κ3) is 2.05. The van der Waals surface area contributed by atoms with E-state index in [0.29, 0.717) is 0 Å². The fourth-order valence-electron chi connectivity index (χ4n) is 2.57. The average Bonchev–Trinajstić information content (AvgIpc) is 2.80. The number of aryl methyl sites for hydroxylation is 2. The molecule has 0 saturated heterocycles. The molecule has 0 aliphatic carbocycles. The monoisotopic (exact) mass is 272 g/mol. The Labute approximate surface area is 116 Å². The Bertz CT molecular complexity index is 676. The fourth-order valence-corrected chi connectivity index (χ4v) is 2.57. The van der Waals surface area contributed by atoms with Crippen LogP contribution < -0.4 is 4.74 Å². The highest BCUT2D eigenvalue weighted by atomic mass is 16.5. The molecule has 20 heavy (non-hydrogen) atoms. The predicted octanol–water partition coefficient (Wildman–Crippen LogP) is 2.50. The molecule has 0 fully saturated rings. The van der Waals surface area contributed by atoms with Gasteiger partial charge in [-0.05, 0) is 37.5 Å². The molecule has 0 bridgehead atoms. The van der Waals surface area contributed by atoms with Crippen LogP contribution in [0.4, 0.5) is 0 Å². The highest BCUT2D eigenvalue weighted by Crippen LogP contribution is 2.37. The van der Waals surface area contributed by atoms with E-state index in [-0.39, 0.29) is 11.8 Å². The molecule has 0 saturated carbocycles. The third-order valence-corrected chi connectivity index (χ3v) is 3.61. The maximum absolute atomic E-state index is 11.0. The van der Waals surface area contributed by atoms with Crippen molar-refractivity contribution in [2.24, 2.45) is 7.05 Å². The highest BCUT2D eigenvalue weighted by Gasteiger charge is 2.22. The van der Waals surface area contributed by atoms with Crippen LogP contribution in [-0.2, 0) is 13.5 Å². The van der Waals surface area contributed by atoms with Crippen molar-refractivity contribution in [2.45, 2.75) is 25.9 Å². The quantitative estimate of drug-likeness (QED) is 0.912. The number of aromatic carboxylic acids is 1. The Kier molecular flexibility index (Phi) is 2.97. The number of carboxylic acid groups (broad SMARTS) is 1. The number of benzene rings is 1. The lowest BCUT2D eigenvalue weighted by Crippen LogP contribution is -2.19. The Hall–Kier alpha value is -2.30. The number of para-hydroxylation sites is 1. The van der Waals surface area contributed by atoms with Gasteiger partial charge in [0.25, 0.3) is 0 Å². The predicted molar refractivity (Wildman–Crippen MR) is 74.0 cm³/mol. The number of hydrogen-bond acceptors (Lipinski definition) is 3. The SMILES string of the molecule is CC1CCc2cccc(-c3cc(C(=O)O)nn3C)c2O1. The molecule has 0 spiro atoms. The number of aromatic nitrogens is 2. The van der Waals surface area contributed by atoms with E-state index in [2.05, 4.69) is 11.2 Å². The summed E-state index contributed by atoms with van der Waals surface area (Å²) in [6.45, 7) is 2.05. The van der Waals surface area contributed by atoms with Crippen molar-refractivity contribution in [2.75, 3.05) is 0 Å². The Balaban J connectivity index is 2.13. The third-order valence-electron chi connectivity index (χ3n) is 3.61. The van der Waals surface area contributed by atoms with Crippen molar-refractivity contribution < 1.29 is 14.6 Å². The standard InChI is InChI=1S/C15H16N2O3/c1-9-6-7-10-4-3-5-11(14(10)20-9)13-8-12(15(18)19)16-17(13)2/h3-5,8-9H,6-7H2,1-2H3,(H,18,19). The summed E-state index contributed by atoms with van der Waals surface area (Å²) in [6.07, 6.45) is 2.16. The van der Waals surface area contributed by atoms with Crippen LogP contribution in [0.15, 0.2) is 24.3 Å². The van der Waals surface area contributed by atoms with E-state index in [9.17, 15) is 4.79 Å². The molecular weight excluding hydrogens is 256 g/mol. The molecule has 5 heteroatoms. The van der Waals surface area contributed by atoms with Gasteiger partial charge in [0.05, 0.1) is 11.8 Å². The molecule has 1 unspecified atom stereocenters. The molecule has 1 aliphatic heterocycles. The van der Waals surface area contributed by atoms with E-state index < -0.39 is 5.97 Å². The fraction of sp³-hybridized carbons (Fsp3) is 0.333. The van der Waals surface area contributed by atoms with Gasteiger partial charge < -0.3 is 9.84 Å². The van der Waals surface area contributed by atoms with Crippen LogP contribution >= 0.6 is 0 Å². The van der Waals surface area contributed by atoms with Crippen molar-refractivity contribution >= 4 is 5.97 Å². The van der Waals surface area contributed by atoms with Crippen LogP contribution in [0.1, 0.15) is 29.4 Å². The van der Waals surface area contributed by atoms with E-state index in [4.69, 9.17) is 9.84 Å². The molecule has 1 aromatic heterocycles. The summed E-state index contributed by atoms with van der Waals surface area (Å²) in [7, 11) is 1.74. The molecule has 1 aromatic carbocycles. The number of carboxylic acids is 1. The summed E-state index contributed by atoms with van der Waals surface area (Å²) in [4.78, 5) is 11.0. The van der Waals surface area contributed by atoms with Gasteiger partial charge in [-0.2, -0.15) is 5.10 Å². The maximum atomic E-state index is 11.0. The molecule has 1 N–H and O–H groups in total. The zero-order valence-corrected chi connectivity index (χ0v) is 11.5. The van der Waals surface area contributed by atoms with Crippen LogP contribution in [0.2, 0.25) is 0 Å². The average molecular weight is 272 g/mol. The zero-order valence-electron chi connectivity index (χ0n) is 11.5. The molecule has 104 valence electrons. The van der Waals surface area contributed by atoms with Crippen molar-refractivity contribution in [1.29, 1.82) is 0 Å². The van der Waals surface area contributed by atoms with E-state index in [1.165, 1.54) is 5.56 Å². The van der Waals surface area contributed by atoms with Gasteiger partial charge in [-0.3, -0.25) is 4.68 Å². The van der Waals surface area contributed by atoms with Crippen molar-refractivity contribution in [1.82, 2.24) is 9.78 Å². The van der Waals surface area contributed by atoms with Crippen LogP contribution in [-0.4, -0.2) is 27.0 Å². The Morgan fingerprint density at radius 1 is 1.50 bits per heavy atom. The van der Waals surface area contributed by atoms with Crippen molar-refractivity contribution in [3.05, 3.63) is 35.5 Å². The zero-order chi connectivity index (χ0) is 14.3. The second kappa shape index (κ2) is 4.67. The van der Waals surface area contributed by atoms with Crippen molar-refractivity contribution in [3.63, 3.8) is 0 Å². The topological polar surface area (TPSA) is 64.3 Å². The first-order chi connectivity index (χ1) is 9.56. The Morgan fingerprint density at radius 2 is 2.30 bits per heavy atom. The van der Waals surface area contributed by atoms with Gasteiger partial charge in [0.15, 0.2) is 5.69 Å². The van der Waals surface area contributed by atoms with E-state index in [1.54, 1.807) is 17.8 Å². The van der Waals surface area contributed by atoms with Crippen LogP contribution in [0.3, 0.4) is 0 Å². The lowest BCUT2D eigenvalue weighted by molar-refractivity contribution is 0.0689. The number of rotatable bonds is 2. The van der Waals surface area contributed by atoms with Crippen LogP contribution in [0.5, 0.6) is 5.75 Å². The highest BCUT2D eigenvalue weighted by molar-refractivity contribution is 5.87. The summed E-state index contributed by atoms with van der Waals surface area (Å²) in [5.41, 5.74) is 2.87. The van der Waals surface area contributed by atoms with Gasteiger partial charge in [0, 0.05) is 12.6 Å². The van der Waals surface area contributed by atoms with Gasteiger partial charge >= 0.3 is 5.97 Å². The molecule has 2 aromatic rings. The van der Waals surface area contributed by atoms with Gasteiger partial charge in [-0.1, -0.05) is 12.1 Å². The summed E-state index contributed by atoms with van der Waals surface area (Å²) < 4.78 is 7.54. The minimum Gasteiger partial charge on any atom is -0.490 e. The second-order valence-corrected chi connectivity index (χ2v) is 5.10. The normalized spacial score (nSPS) is 17.4. The molecule has 3 rings (SSSR count). The smallest absolute Gasteiger partial charge is 0.356 e. The van der Waals surface area contributed by atoms with E-state index >= 15 is 0 Å². The molecule has 0 radical (unpaired) electrons. The number of hydrogen-bond donors (Lipinski definition) is 1. The molecule has 2 heterocycles. The largest absolute Gasteiger partial charge is 0.490 e. The minimum absolute atomic E-state index is 0.0453. The van der Waals surface area contributed by atoms with Crippen LogP contribution in [0, 0.1) is 0 Å². The molecular formula is C15H16N2O3. The first kappa shape index (κ1) is 12.7. The number of fused-ring (bicyclic) bond motifs is 1. The minimum atomic E-state index is -1.02. The van der Waals surface area contributed by atoms with E-state index in [1.807, 2.05) is 19.1 Å². The maximum Gasteiger partial charge on any atom is 0.356 e. The first-order valence-corrected chi connectivity index (χ1v) is 6.62. The molecule has 5 nitrogen and oxygen atoms in total. The molecule has 1 aliphatic rings. The number of ether oxygens (including phenoxy) is 1. The summed E-state index contributed by atoms with van der Waals surface area (Å²) in [5, 5.41) is 13.1. The number of carbonyl (C=O) groups is 1. The summed E-state index contributed by atoms with van der Waals surface area (Å²) in [5.74, 6) is -0.169. The van der Waals surface area contributed by atoms with Gasteiger partial charge in [0.2, 0.25) is 0 Å². The Morgan fingerprint density at radius 3 is 3.00 bits per heavy atom. The van der Waals surface area contributed by atoms with Crippen molar-refractivity contribution in [3.8, 4) is 17.0 Å². The summed E-state index contributed by atoms with van der Waals surface area (Å²) in [6, 6.07) is 7.56. The van der Waals surface area contributed by atoms with Gasteiger partial charge in [-0.25, -0.2) is 4.79 Å². The molecule has 0 amide bonds. The van der Waals surface area contributed by atoms with Gasteiger partial charge in [0.1, 0.15) is 5.75 Å². The molecule has 1 atom stereocenters. The summed E-state index contributed by atoms with van der Waals surface area (Å²) >= 11 is 0. The second-order valence-electron chi connectivity index (χ2n) is 5.10. The van der Waals surface area contributed by atoms with Crippen LogP contribution in [0.25, 0.3) is 11.3 Å². The van der Waals surface area contributed by atoms with E-state index in [0.717, 1.165) is 29.8 Å². The van der Waals surface area contributed by atoms with Gasteiger partial charge in [-0.15, -0.1) is 0 Å². The number of nitrogens with zero attached hydrogens (tertiary/aromatic N) is 2. The first-order valence-electron chi connectivity index (χ1n) is 6.62.